The molecule has 2 aromatic carbocycles. The summed E-state index contributed by atoms with van der Waals surface area (Å²) in [5.41, 5.74) is 2.00. The number of hydrogen-bond acceptors (Lipinski definition) is 5. The third kappa shape index (κ3) is 4.55. The van der Waals surface area contributed by atoms with Crippen molar-refractivity contribution in [3.8, 4) is 0 Å². The highest BCUT2D eigenvalue weighted by molar-refractivity contribution is 7.46. The Kier molecular flexibility index (Phi) is 6.14. The number of nitrogens with one attached hydrogen (secondary N) is 1. The summed E-state index contributed by atoms with van der Waals surface area (Å²) in [6, 6.07) is 16.1. The largest absolute Gasteiger partial charge is 0.603 e. The summed E-state index contributed by atoms with van der Waals surface area (Å²) in [4.78, 5) is 32.6. The maximum atomic E-state index is 11.8. The molecule has 1 saturated heterocycles. The van der Waals surface area contributed by atoms with E-state index < -0.39 is 20.1 Å². The van der Waals surface area contributed by atoms with E-state index in [1.54, 1.807) is 18.2 Å². The number of aromatic carboxylic acids is 1. The first kappa shape index (κ1) is 18.7. The van der Waals surface area contributed by atoms with Gasteiger partial charge in [0.25, 0.3) is 0 Å². The van der Waals surface area contributed by atoms with Crippen LogP contribution in [0.4, 0.5) is 0 Å². The Labute approximate surface area is 152 Å². The van der Waals surface area contributed by atoms with Crippen molar-refractivity contribution >= 4 is 19.3 Å². The number of benzene rings is 2. The van der Waals surface area contributed by atoms with Crippen molar-refractivity contribution < 1.29 is 24.4 Å². The van der Waals surface area contributed by atoms with E-state index in [1.165, 1.54) is 0 Å². The molecule has 7 heteroatoms. The van der Waals surface area contributed by atoms with E-state index in [4.69, 9.17) is 9.84 Å². The predicted molar refractivity (Wildman–Crippen MR) is 98.2 cm³/mol. The van der Waals surface area contributed by atoms with E-state index in [2.05, 4.69) is 5.32 Å². The first-order valence-corrected chi connectivity index (χ1v) is 9.50. The van der Waals surface area contributed by atoms with Crippen LogP contribution in [-0.4, -0.2) is 40.5 Å². The molecule has 3 atom stereocenters. The Morgan fingerprint density at radius 2 is 2.00 bits per heavy atom. The second-order valence-corrected chi connectivity index (χ2v) is 7.26. The average molecular weight is 373 g/mol. The van der Waals surface area contributed by atoms with Crippen LogP contribution in [0.15, 0.2) is 54.6 Å². The number of carbonyl (C=O) groups is 1. The first-order chi connectivity index (χ1) is 12.5. The second kappa shape index (κ2) is 8.54. The van der Waals surface area contributed by atoms with Crippen LogP contribution in [0.1, 0.15) is 27.5 Å². The van der Waals surface area contributed by atoms with Crippen molar-refractivity contribution in [3.63, 3.8) is 0 Å². The average Bonchev–Trinajstić information content (AvgIpc) is 2.67. The maximum absolute atomic E-state index is 11.8. The van der Waals surface area contributed by atoms with Crippen LogP contribution in [0.2, 0.25) is 0 Å². The number of hydrogen-bond donors (Lipinski definition) is 3. The van der Waals surface area contributed by atoms with E-state index in [1.807, 2.05) is 36.4 Å². The SMILES string of the molecule is O=C(O)c1cccc([C@@H]2CO[C@@H](C(Cc3ccccc3)=[P+]([O-])O)CN2)c1. The van der Waals surface area contributed by atoms with Crippen LogP contribution in [0, 0.1) is 0 Å². The van der Waals surface area contributed by atoms with Crippen LogP contribution in [0.3, 0.4) is 0 Å². The lowest BCUT2D eigenvalue weighted by Crippen LogP contribution is -2.45. The summed E-state index contributed by atoms with van der Waals surface area (Å²) in [5.74, 6) is -0.975. The summed E-state index contributed by atoms with van der Waals surface area (Å²) in [6.45, 7) is 0.695. The molecule has 2 aromatic rings. The predicted octanol–water partition coefficient (Wildman–Crippen LogP) is 1.49. The highest BCUT2D eigenvalue weighted by Crippen LogP contribution is 2.23. The molecule has 6 nitrogen and oxygen atoms in total. The van der Waals surface area contributed by atoms with Gasteiger partial charge in [0.05, 0.1) is 18.2 Å². The van der Waals surface area contributed by atoms with Crippen molar-refractivity contribution in [3.05, 3.63) is 71.3 Å². The van der Waals surface area contributed by atoms with Crippen molar-refractivity contribution in [2.45, 2.75) is 18.6 Å². The summed E-state index contributed by atoms with van der Waals surface area (Å²) in [5, 5.41) is 12.9. The molecule has 0 radical (unpaired) electrons. The van der Waals surface area contributed by atoms with Crippen molar-refractivity contribution in [1.29, 1.82) is 0 Å². The molecule has 0 amide bonds. The van der Waals surface area contributed by atoms with Crippen LogP contribution in [0.25, 0.3) is 0 Å². The van der Waals surface area contributed by atoms with Crippen molar-refractivity contribution in [2.75, 3.05) is 13.2 Å². The number of rotatable bonds is 5. The standard InChI is InChI=1S/C19H20NO5P/c21-19(22)15-8-4-7-14(10-15)16-12-25-17(11-20-16)18(26(23)24)9-13-5-2-1-3-6-13/h1-8,10,16-17,20H,9,11-12H2,(H,21,22)(H,23,24)/t16-,17+/m0/s1. The molecule has 3 N–H and O–H groups in total. The van der Waals surface area contributed by atoms with Gasteiger partial charge in [-0.05, 0) is 23.3 Å². The minimum Gasteiger partial charge on any atom is -0.603 e. The third-order valence-electron chi connectivity index (χ3n) is 4.40. The minimum atomic E-state index is -2.47. The Morgan fingerprint density at radius 3 is 2.62 bits per heavy atom. The van der Waals surface area contributed by atoms with Crippen LogP contribution < -0.4 is 10.2 Å². The lowest BCUT2D eigenvalue weighted by atomic mass is 10.0. The fraction of sp³-hybridized carbons (Fsp3) is 0.263. The zero-order chi connectivity index (χ0) is 18.5. The molecule has 0 aliphatic carbocycles. The Morgan fingerprint density at radius 1 is 1.23 bits per heavy atom. The molecule has 0 aromatic heterocycles. The molecule has 0 spiro atoms. The molecule has 1 aliphatic heterocycles. The molecule has 1 unspecified atom stereocenters. The van der Waals surface area contributed by atoms with Gasteiger partial charge in [0.1, 0.15) is 6.10 Å². The molecule has 1 heterocycles. The van der Waals surface area contributed by atoms with Crippen LogP contribution in [-0.2, 0) is 11.2 Å². The normalized spacial score (nSPS) is 21.2. The van der Waals surface area contributed by atoms with Gasteiger partial charge in [0.2, 0.25) is 8.00 Å². The highest BCUT2D eigenvalue weighted by atomic mass is 31.1. The summed E-state index contributed by atoms with van der Waals surface area (Å²) < 4.78 is 5.85. The highest BCUT2D eigenvalue weighted by Gasteiger charge is 2.30. The lowest BCUT2D eigenvalue weighted by molar-refractivity contribution is -0.168. The zero-order valence-electron chi connectivity index (χ0n) is 14.0. The number of carboxylic acid groups (broad SMARTS) is 1. The van der Waals surface area contributed by atoms with Gasteiger partial charge in [0, 0.05) is 13.0 Å². The second-order valence-electron chi connectivity index (χ2n) is 6.14. The molecule has 1 aliphatic rings. The van der Waals surface area contributed by atoms with E-state index in [-0.39, 0.29) is 11.6 Å². The molecular formula is C19H20NO5P. The Bertz CT molecular complexity index is 797. The van der Waals surface area contributed by atoms with Gasteiger partial charge in [-0.25, -0.2) is 4.79 Å². The quantitative estimate of drug-likeness (QED) is 0.687. The molecule has 0 saturated carbocycles. The van der Waals surface area contributed by atoms with E-state index >= 15 is 0 Å². The van der Waals surface area contributed by atoms with Gasteiger partial charge >= 0.3 is 5.97 Å². The number of morpholine rings is 1. The van der Waals surface area contributed by atoms with Crippen LogP contribution >= 0.6 is 8.00 Å². The van der Waals surface area contributed by atoms with Crippen molar-refractivity contribution in [2.24, 2.45) is 0 Å². The lowest BCUT2D eigenvalue weighted by Gasteiger charge is -2.30. The number of ether oxygens (including phenoxy) is 1. The van der Waals surface area contributed by atoms with Gasteiger partial charge in [0.15, 0.2) is 5.29 Å². The first-order valence-electron chi connectivity index (χ1n) is 8.28. The smallest absolute Gasteiger partial charge is 0.335 e. The summed E-state index contributed by atoms with van der Waals surface area (Å²) >= 11 is 0. The van der Waals surface area contributed by atoms with Gasteiger partial charge < -0.3 is 20.1 Å². The fourth-order valence-electron chi connectivity index (χ4n) is 3.01. The van der Waals surface area contributed by atoms with Crippen LogP contribution in [0.5, 0.6) is 0 Å². The van der Waals surface area contributed by atoms with E-state index in [0.29, 0.717) is 24.9 Å². The van der Waals surface area contributed by atoms with Gasteiger partial charge in [-0.15, -0.1) is 0 Å². The van der Waals surface area contributed by atoms with Gasteiger partial charge in [-0.2, -0.15) is 4.89 Å². The summed E-state index contributed by atoms with van der Waals surface area (Å²) in [7, 11) is -2.47. The topological polar surface area (TPSA) is 102 Å². The Hall–Kier alpha value is -2.08. The molecule has 26 heavy (non-hydrogen) atoms. The minimum absolute atomic E-state index is 0.153. The van der Waals surface area contributed by atoms with Crippen molar-refractivity contribution in [1.82, 2.24) is 5.32 Å². The molecule has 1 fully saturated rings. The molecule has 3 rings (SSSR count). The zero-order valence-corrected chi connectivity index (χ0v) is 14.9. The van der Waals surface area contributed by atoms with E-state index in [0.717, 1.165) is 11.1 Å². The van der Waals surface area contributed by atoms with E-state index in [9.17, 15) is 14.6 Å². The maximum Gasteiger partial charge on any atom is 0.335 e. The number of carboxylic acids is 1. The Balaban J connectivity index is 1.68. The monoisotopic (exact) mass is 373 g/mol. The molecule has 0 bridgehead atoms. The fourth-order valence-corrected chi connectivity index (χ4v) is 3.74. The van der Waals surface area contributed by atoms with Gasteiger partial charge in [-0.1, -0.05) is 42.5 Å². The summed E-state index contributed by atoms with van der Waals surface area (Å²) in [6.07, 6.45) is -0.0689. The molecule has 136 valence electrons. The van der Waals surface area contributed by atoms with Gasteiger partial charge in [-0.3, -0.25) is 0 Å². The third-order valence-corrected chi connectivity index (χ3v) is 5.33. The molecular weight excluding hydrogens is 353 g/mol.